The van der Waals surface area contributed by atoms with E-state index in [1.807, 2.05) is 37.3 Å². The fourth-order valence-electron chi connectivity index (χ4n) is 1.96. The smallest absolute Gasteiger partial charge is 0.163 e. The van der Waals surface area contributed by atoms with Gasteiger partial charge in [0, 0.05) is 4.47 Å². The molecule has 4 heteroatoms. The van der Waals surface area contributed by atoms with Gasteiger partial charge in [-0.1, -0.05) is 28.1 Å². The Labute approximate surface area is 133 Å². The lowest BCUT2D eigenvalue weighted by Gasteiger charge is -2.12. The zero-order chi connectivity index (χ0) is 15.2. The van der Waals surface area contributed by atoms with Crippen LogP contribution in [0.25, 0.3) is 0 Å². The van der Waals surface area contributed by atoms with Gasteiger partial charge in [0.15, 0.2) is 5.78 Å². The van der Waals surface area contributed by atoms with Gasteiger partial charge in [0.1, 0.15) is 24.7 Å². The van der Waals surface area contributed by atoms with Crippen LogP contribution in [0.15, 0.2) is 46.9 Å². The lowest BCUT2D eigenvalue weighted by atomic mass is 10.1. The van der Waals surface area contributed by atoms with Crippen molar-refractivity contribution in [1.29, 1.82) is 0 Å². The third-order valence-corrected chi connectivity index (χ3v) is 3.50. The van der Waals surface area contributed by atoms with E-state index in [1.165, 1.54) is 6.92 Å². The van der Waals surface area contributed by atoms with Crippen LogP contribution in [0.3, 0.4) is 0 Å². The Balaban J connectivity index is 1.89. The SMILES string of the molecule is CC(=O)c1ccccc1OCCOc1ccc(Br)cc1C. The molecule has 0 radical (unpaired) electrons. The predicted molar refractivity (Wildman–Crippen MR) is 86.3 cm³/mol. The van der Waals surface area contributed by atoms with Gasteiger partial charge in [-0.2, -0.15) is 0 Å². The number of aryl methyl sites for hydroxylation is 1. The molecule has 2 aromatic rings. The maximum absolute atomic E-state index is 11.5. The largest absolute Gasteiger partial charge is 0.490 e. The first-order chi connectivity index (χ1) is 10.1. The van der Waals surface area contributed by atoms with Crippen LogP contribution in [0.2, 0.25) is 0 Å². The van der Waals surface area contributed by atoms with Crippen LogP contribution in [0.4, 0.5) is 0 Å². The molecule has 0 saturated carbocycles. The van der Waals surface area contributed by atoms with Crippen LogP contribution in [0.5, 0.6) is 11.5 Å². The molecular formula is C17H17BrO3. The molecule has 0 N–H and O–H groups in total. The number of ether oxygens (including phenoxy) is 2. The molecule has 0 aromatic heterocycles. The van der Waals surface area contributed by atoms with E-state index in [0.717, 1.165) is 15.8 Å². The van der Waals surface area contributed by atoms with Crippen LogP contribution in [-0.2, 0) is 0 Å². The van der Waals surface area contributed by atoms with Crippen LogP contribution in [-0.4, -0.2) is 19.0 Å². The van der Waals surface area contributed by atoms with E-state index >= 15 is 0 Å². The number of rotatable bonds is 6. The van der Waals surface area contributed by atoms with E-state index in [9.17, 15) is 4.79 Å². The number of carbonyl (C=O) groups excluding carboxylic acids is 1. The fraction of sp³-hybridized carbons (Fsp3) is 0.235. The topological polar surface area (TPSA) is 35.5 Å². The Morgan fingerprint density at radius 3 is 2.38 bits per heavy atom. The number of ketones is 1. The van der Waals surface area contributed by atoms with Crippen molar-refractivity contribution < 1.29 is 14.3 Å². The number of Topliss-reactive ketones (excluding diaryl/α,β-unsaturated/α-hetero) is 1. The Morgan fingerprint density at radius 1 is 1.05 bits per heavy atom. The van der Waals surface area contributed by atoms with Gasteiger partial charge in [0.05, 0.1) is 5.56 Å². The molecule has 0 spiro atoms. The van der Waals surface area contributed by atoms with E-state index in [4.69, 9.17) is 9.47 Å². The second-order valence-corrected chi connectivity index (χ2v) is 5.57. The molecule has 110 valence electrons. The molecule has 21 heavy (non-hydrogen) atoms. The normalized spacial score (nSPS) is 10.2. The van der Waals surface area contributed by atoms with Crippen molar-refractivity contribution in [2.45, 2.75) is 13.8 Å². The first-order valence-corrected chi connectivity index (χ1v) is 7.49. The summed E-state index contributed by atoms with van der Waals surface area (Å²) in [5, 5.41) is 0. The summed E-state index contributed by atoms with van der Waals surface area (Å²) >= 11 is 3.42. The highest BCUT2D eigenvalue weighted by Crippen LogP contribution is 2.22. The molecule has 0 atom stereocenters. The van der Waals surface area contributed by atoms with Crippen LogP contribution < -0.4 is 9.47 Å². The summed E-state index contributed by atoms with van der Waals surface area (Å²) in [6.45, 7) is 4.34. The number of hydrogen-bond acceptors (Lipinski definition) is 3. The summed E-state index contributed by atoms with van der Waals surface area (Å²) in [4.78, 5) is 11.5. The molecule has 0 amide bonds. The molecule has 0 aliphatic heterocycles. The number of para-hydroxylation sites is 1. The average Bonchev–Trinajstić information content (AvgIpc) is 2.45. The Hall–Kier alpha value is -1.81. The standard InChI is InChI=1S/C17H17BrO3/c1-12-11-14(18)7-8-16(12)20-9-10-21-17-6-4-3-5-15(17)13(2)19/h3-8,11H,9-10H2,1-2H3. The van der Waals surface area contributed by atoms with Gasteiger partial charge in [-0.3, -0.25) is 4.79 Å². The van der Waals surface area contributed by atoms with Crippen molar-refractivity contribution in [2.75, 3.05) is 13.2 Å². The third-order valence-electron chi connectivity index (χ3n) is 3.00. The summed E-state index contributed by atoms with van der Waals surface area (Å²) in [5.74, 6) is 1.43. The number of benzene rings is 2. The minimum Gasteiger partial charge on any atom is -0.490 e. The van der Waals surface area contributed by atoms with E-state index in [2.05, 4.69) is 15.9 Å². The maximum Gasteiger partial charge on any atom is 0.163 e. The highest BCUT2D eigenvalue weighted by atomic mass is 79.9. The lowest BCUT2D eigenvalue weighted by molar-refractivity contribution is 0.101. The second-order valence-electron chi connectivity index (χ2n) is 4.66. The molecule has 2 aromatic carbocycles. The lowest BCUT2D eigenvalue weighted by Crippen LogP contribution is -2.11. The molecular weight excluding hydrogens is 332 g/mol. The van der Waals surface area contributed by atoms with Crippen molar-refractivity contribution in [3.05, 3.63) is 58.1 Å². The second kappa shape index (κ2) is 7.27. The molecule has 0 heterocycles. The van der Waals surface area contributed by atoms with Crippen LogP contribution in [0, 0.1) is 6.92 Å². The van der Waals surface area contributed by atoms with E-state index in [-0.39, 0.29) is 5.78 Å². The average molecular weight is 349 g/mol. The highest BCUT2D eigenvalue weighted by molar-refractivity contribution is 9.10. The monoisotopic (exact) mass is 348 g/mol. The third kappa shape index (κ3) is 4.33. The van der Waals surface area contributed by atoms with Gasteiger partial charge in [-0.05, 0) is 49.7 Å². The van der Waals surface area contributed by atoms with Crippen molar-refractivity contribution in [3.8, 4) is 11.5 Å². The minimum atomic E-state index is -0.00438. The molecule has 0 bridgehead atoms. The van der Waals surface area contributed by atoms with Gasteiger partial charge in [-0.25, -0.2) is 0 Å². The van der Waals surface area contributed by atoms with Crippen molar-refractivity contribution in [2.24, 2.45) is 0 Å². The van der Waals surface area contributed by atoms with Crippen LogP contribution >= 0.6 is 15.9 Å². The highest BCUT2D eigenvalue weighted by Gasteiger charge is 2.07. The molecule has 0 saturated heterocycles. The van der Waals surface area contributed by atoms with Gasteiger partial charge in [0.2, 0.25) is 0 Å². The van der Waals surface area contributed by atoms with E-state index in [1.54, 1.807) is 12.1 Å². The number of carbonyl (C=O) groups is 1. The first-order valence-electron chi connectivity index (χ1n) is 6.69. The zero-order valence-corrected chi connectivity index (χ0v) is 13.6. The minimum absolute atomic E-state index is 0.00438. The predicted octanol–water partition coefficient (Wildman–Crippen LogP) is 4.42. The summed E-state index contributed by atoms with van der Waals surface area (Å²) in [7, 11) is 0. The molecule has 0 aliphatic rings. The summed E-state index contributed by atoms with van der Waals surface area (Å²) in [6, 6.07) is 13.1. The quantitative estimate of drug-likeness (QED) is 0.572. The summed E-state index contributed by atoms with van der Waals surface area (Å²) < 4.78 is 12.3. The van der Waals surface area contributed by atoms with Crippen molar-refractivity contribution in [3.63, 3.8) is 0 Å². The Kier molecular flexibility index (Phi) is 5.39. The number of halogens is 1. The van der Waals surface area contributed by atoms with Gasteiger partial charge in [0.25, 0.3) is 0 Å². The maximum atomic E-state index is 11.5. The number of hydrogen-bond donors (Lipinski definition) is 0. The fourth-order valence-corrected chi connectivity index (χ4v) is 2.44. The molecule has 0 fully saturated rings. The molecule has 0 aliphatic carbocycles. The Bertz CT molecular complexity index is 638. The van der Waals surface area contributed by atoms with Gasteiger partial charge < -0.3 is 9.47 Å². The van der Waals surface area contributed by atoms with Crippen molar-refractivity contribution in [1.82, 2.24) is 0 Å². The first kappa shape index (κ1) is 15.6. The molecule has 3 nitrogen and oxygen atoms in total. The van der Waals surface area contributed by atoms with Crippen molar-refractivity contribution >= 4 is 21.7 Å². The van der Waals surface area contributed by atoms with Gasteiger partial charge >= 0.3 is 0 Å². The zero-order valence-electron chi connectivity index (χ0n) is 12.1. The van der Waals surface area contributed by atoms with E-state index < -0.39 is 0 Å². The van der Waals surface area contributed by atoms with Crippen LogP contribution in [0.1, 0.15) is 22.8 Å². The molecule has 2 rings (SSSR count). The molecule has 0 unspecified atom stereocenters. The summed E-state index contributed by atoms with van der Waals surface area (Å²) in [5.41, 5.74) is 1.66. The summed E-state index contributed by atoms with van der Waals surface area (Å²) in [6.07, 6.45) is 0. The Morgan fingerprint density at radius 2 is 1.71 bits per heavy atom. The van der Waals surface area contributed by atoms with Gasteiger partial charge in [-0.15, -0.1) is 0 Å². The van der Waals surface area contributed by atoms with E-state index in [0.29, 0.717) is 24.5 Å².